The molecule has 1 aromatic rings. The van der Waals surface area contributed by atoms with Crippen LogP contribution in [0.3, 0.4) is 0 Å². The molecule has 0 atom stereocenters. The Balaban J connectivity index is 2.03. The van der Waals surface area contributed by atoms with Crippen LogP contribution in [0.4, 0.5) is 5.82 Å². The van der Waals surface area contributed by atoms with Crippen molar-refractivity contribution in [1.29, 1.82) is 0 Å². The predicted molar refractivity (Wildman–Crippen MR) is 68.5 cm³/mol. The maximum absolute atomic E-state index is 5.99. The quantitative estimate of drug-likeness (QED) is 0.841. The number of ether oxygens (including phenoxy) is 1. The van der Waals surface area contributed by atoms with Gasteiger partial charge in [-0.25, -0.2) is 9.97 Å². The molecule has 1 aliphatic rings. The summed E-state index contributed by atoms with van der Waals surface area (Å²) in [6.45, 7) is 3.74. The molecule has 1 saturated heterocycles. The topological polar surface area (TPSA) is 47.0 Å². The van der Waals surface area contributed by atoms with Crippen LogP contribution in [0.1, 0.15) is 32.0 Å². The molecule has 1 aliphatic heterocycles. The first-order valence-corrected chi connectivity index (χ1v) is 6.53. The molecule has 94 valence electrons. The minimum atomic E-state index is 0.434. The molecule has 17 heavy (non-hydrogen) atoms. The van der Waals surface area contributed by atoms with Gasteiger partial charge in [-0.3, -0.25) is 0 Å². The Kier molecular flexibility index (Phi) is 4.57. The lowest BCUT2D eigenvalue weighted by Gasteiger charge is -2.23. The fraction of sp³-hybridized carbons (Fsp3) is 0.667. The normalized spacial score (nSPS) is 17.1. The van der Waals surface area contributed by atoms with Crippen LogP contribution in [0.15, 0.2) is 6.07 Å². The van der Waals surface area contributed by atoms with E-state index in [0.29, 0.717) is 11.2 Å². The standard InChI is InChI=1S/C12H18ClN3O/c1-2-3-11-15-10(13)8-12(16-11)14-9-4-6-17-7-5-9/h8-9H,2-7H2,1H3,(H,14,15,16). The highest BCUT2D eigenvalue weighted by atomic mass is 35.5. The third kappa shape index (κ3) is 3.82. The van der Waals surface area contributed by atoms with Crippen LogP contribution in [0.2, 0.25) is 5.15 Å². The molecule has 0 saturated carbocycles. The number of nitrogens with zero attached hydrogens (tertiary/aromatic N) is 2. The third-order valence-electron chi connectivity index (χ3n) is 2.79. The van der Waals surface area contributed by atoms with Gasteiger partial charge in [0.15, 0.2) is 0 Å². The van der Waals surface area contributed by atoms with Crippen LogP contribution in [-0.4, -0.2) is 29.2 Å². The summed E-state index contributed by atoms with van der Waals surface area (Å²) in [5, 5.41) is 3.92. The van der Waals surface area contributed by atoms with Crippen molar-refractivity contribution in [2.24, 2.45) is 0 Å². The van der Waals surface area contributed by atoms with Crippen molar-refractivity contribution in [3.05, 3.63) is 17.0 Å². The maximum atomic E-state index is 5.99. The third-order valence-corrected chi connectivity index (χ3v) is 2.98. The Labute approximate surface area is 107 Å². The van der Waals surface area contributed by atoms with Crippen molar-refractivity contribution in [2.75, 3.05) is 18.5 Å². The van der Waals surface area contributed by atoms with Crippen molar-refractivity contribution >= 4 is 17.4 Å². The summed E-state index contributed by atoms with van der Waals surface area (Å²) < 4.78 is 5.32. The van der Waals surface area contributed by atoms with E-state index in [2.05, 4.69) is 22.2 Å². The van der Waals surface area contributed by atoms with E-state index in [9.17, 15) is 0 Å². The first-order valence-electron chi connectivity index (χ1n) is 6.15. The number of anilines is 1. The van der Waals surface area contributed by atoms with Gasteiger partial charge < -0.3 is 10.1 Å². The first-order chi connectivity index (χ1) is 8.28. The van der Waals surface area contributed by atoms with Crippen LogP contribution >= 0.6 is 11.6 Å². The molecule has 4 nitrogen and oxygen atoms in total. The smallest absolute Gasteiger partial charge is 0.134 e. The summed E-state index contributed by atoms with van der Waals surface area (Å²) in [7, 11) is 0. The molecular formula is C12H18ClN3O. The average Bonchev–Trinajstić information content (AvgIpc) is 2.30. The van der Waals surface area contributed by atoms with Gasteiger partial charge in [0.2, 0.25) is 0 Å². The van der Waals surface area contributed by atoms with E-state index in [-0.39, 0.29) is 0 Å². The van der Waals surface area contributed by atoms with E-state index in [0.717, 1.165) is 50.5 Å². The highest BCUT2D eigenvalue weighted by Gasteiger charge is 2.14. The van der Waals surface area contributed by atoms with E-state index < -0.39 is 0 Å². The first kappa shape index (κ1) is 12.6. The van der Waals surface area contributed by atoms with Gasteiger partial charge in [0.1, 0.15) is 16.8 Å². The Bertz CT molecular complexity index is 367. The molecule has 0 radical (unpaired) electrons. The monoisotopic (exact) mass is 255 g/mol. The Hall–Kier alpha value is -0.870. The van der Waals surface area contributed by atoms with Crippen LogP contribution in [-0.2, 0) is 11.2 Å². The minimum absolute atomic E-state index is 0.434. The zero-order valence-corrected chi connectivity index (χ0v) is 10.8. The molecule has 2 heterocycles. The lowest BCUT2D eigenvalue weighted by molar-refractivity contribution is 0.0904. The number of aromatic nitrogens is 2. The molecule has 5 heteroatoms. The predicted octanol–water partition coefficient (Wildman–Crippen LogP) is 2.67. The lowest BCUT2D eigenvalue weighted by atomic mass is 10.1. The van der Waals surface area contributed by atoms with Gasteiger partial charge in [0.05, 0.1) is 0 Å². The van der Waals surface area contributed by atoms with Crippen molar-refractivity contribution in [1.82, 2.24) is 9.97 Å². The SMILES string of the molecule is CCCc1nc(Cl)cc(NC2CCOCC2)n1. The molecule has 0 aliphatic carbocycles. The van der Waals surface area contributed by atoms with Crippen LogP contribution < -0.4 is 5.32 Å². The average molecular weight is 256 g/mol. The summed E-state index contributed by atoms with van der Waals surface area (Å²) in [5.74, 6) is 1.65. The van der Waals surface area contributed by atoms with Crippen molar-refractivity contribution in [3.63, 3.8) is 0 Å². The number of hydrogen-bond donors (Lipinski definition) is 1. The van der Waals surface area contributed by atoms with E-state index >= 15 is 0 Å². The van der Waals surface area contributed by atoms with Gasteiger partial charge >= 0.3 is 0 Å². The second-order valence-electron chi connectivity index (χ2n) is 4.27. The van der Waals surface area contributed by atoms with Crippen LogP contribution in [0.25, 0.3) is 0 Å². The fourth-order valence-corrected chi connectivity index (χ4v) is 2.13. The van der Waals surface area contributed by atoms with Gasteiger partial charge in [-0.2, -0.15) is 0 Å². The van der Waals surface area contributed by atoms with Crippen LogP contribution in [0, 0.1) is 0 Å². The molecule has 0 aromatic carbocycles. The zero-order chi connectivity index (χ0) is 12.1. The summed E-state index contributed by atoms with van der Waals surface area (Å²) in [4.78, 5) is 8.68. The van der Waals surface area contributed by atoms with E-state index in [4.69, 9.17) is 16.3 Å². The highest BCUT2D eigenvalue weighted by molar-refractivity contribution is 6.29. The molecule has 1 aromatic heterocycles. The molecule has 2 rings (SSSR count). The molecule has 1 fully saturated rings. The summed E-state index contributed by atoms with van der Waals surface area (Å²) in [5.41, 5.74) is 0. The number of halogens is 1. The number of hydrogen-bond acceptors (Lipinski definition) is 4. The van der Waals surface area contributed by atoms with E-state index in [1.807, 2.05) is 0 Å². The molecule has 0 unspecified atom stereocenters. The van der Waals surface area contributed by atoms with E-state index in [1.54, 1.807) is 6.07 Å². The van der Waals surface area contributed by atoms with E-state index in [1.165, 1.54) is 0 Å². The number of aryl methyl sites for hydroxylation is 1. The molecule has 0 amide bonds. The van der Waals surface area contributed by atoms with Gasteiger partial charge in [0.25, 0.3) is 0 Å². The Morgan fingerprint density at radius 2 is 2.18 bits per heavy atom. The highest BCUT2D eigenvalue weighted by Crippen LogP contribution is 2.17. The van der Waals surface area contributed by atoms with Gasteiger partial charge in [0, 0.05) is 31.7 Å². The van der Waals surface area contributed by atoms with Crippen LogP contribution in [0.5, 0.6) is 0 Å². The van der Waals surface area contributed by atoms with Gasteiger partial charge in [-0.05, 0) is 19.3 Å². The van der Waals surface area contributed by atoms with Gasteiger partial charge in [-0.1, -0.05) is 18.5 Å². The minimum Gasteiger partial charge on any atom is -0.381 e. The Morgan fingerprint density at radius 1 is 1.41 bits per heavy atom. The number of nitrogens with one attached hydrogen (secondary N) is 1. The van der Waals surface area contributed by atoms with Crippen molar-refractivity contribution in [3.8, 4) is 0 Å². The van der Waals surface area contributed by atoms with Crippen molar-refractivity contribution in [2.45, 2.75) is 38.6 Å². The molecular weight excluding hydrogens is 238 g/mol. The number of rotatable bonds is 4. The molecule has 0 bridgehead atoms. The summed E-state index contributed by atoms with van der Waals surface area (Å²) in [6, 6.07) is 2.22. The zero-order valence-electron chi connectivity index (χ0n) is 10.1. The second-order valence-corrected chi connectivity index (χ2v) is 4.66. The lowest BCUT2D eigenvalue weighted by Crippen LogP contribution is -2.28. The second kappa shape index (κ2) is 6.17. The fourth-order valence-electron chi connectivity index (χ4n) is 1.93. The maximum Gasteiger partial charge on any atom is 0.134 e. The largest absolute Gasteiger partial charge is 0.381 e. The summed E-state index contributed by atoms with van der Waals surface area (Å²) >= 11 is 5.99. The molecule has 1 N–H and O–H groups in total. The van der Waals surface area contributed by atoms with Gasteiger partial charge in [-0.15, -0.1) is 0 Å². The Morgan fingerprint density at radius 3 is 2.88 bits per heavy atom. The summed E-state index contributed by atoms with van der Waals surface area (Å²) in [6.07, 6.45) is 3.93. The molecule has 0 spiro atoms. The van der Waals surface area contributed by atoms with Crippen molar-refractivity contribution < 1.29 is 4.74 Å².